The van der Waals surface area contributed by atoms with Crippen LogP contribution < -0.4 is 0 Å². The molecule has 0 aliphatic rings. The second-order valence-corrected chi connectivity index (χ2v) is 5.90. The van der Waals surface area contributed by atoms with E-state index in [4.69, 9.17) is 16.3 Å². The quantitative estimate of drug-likeness (QED) is 0.303. The van der Waals surface area contributed by atoms with E-state index in [2.05, 4.69) is 9.97 Å². The van der Waals surface area contributed by atoms with Gasteiger partial charge < -0.3 is 4.74 Å². The molecule has 0 saturated carbocycles. The molecule has 0 radical (unpaired) electrons. The van der Waals surface area contributed by atoms with Crippen LogP contribution in [0.5, 0.6) is 0 Å². The van der Waals surface area contributed by atoms with Gasteiger partial charge in [-0.25, -0.2) is 14.8 Å². The summed E-state index contributed by atoms with van der Waals surface area (Å²) in [5.74, 6) is -0.517. The van der Waals surface area contributed by atoms with Crippen LogP contribution in [0.25, 0.3) is 21.7 Å². The maximum absolute atomic E-state index is 12.3. The van der Waals surface area contributed by atoms with Gasteiger partial charge in [-0.05, 0) is 23.6 Å². The predicted molar refractivity (Wildman–Crippen MR) is 97.6 cm³/mol. The minimum absolute atomic E-state index is 0.0649. The number of halogens is 1. The molecule has 0 fully saturated rings. The smallest absolute Gasteiger partial charge is 0.341 e. The van der Waals surface area contributed by atoms with Crippen LogP contribution >= 0.6 is 11.6 Å². The summed E-state index contributed by atoms with van der Waals surface area (Å²) in [4.78, 5) is 20.8. The van der Waals surface area contributed by atoms with E-state index in [0.29, 0.717) is 5.69 Å². The Balaban J connectivity index is 1.71. The molecule has 0 aliphatic heterocycles. The van der Waals surface area contributed by atoms with E-state index in [-0.39, 0.29) is 17.3 Å². The van der Waals surface area contributed by atoms with Gasteiger partial charge in [-0.3, -0.25) is 0 Å². The van der Waals surface area contributed by atoms with Gasteiger partial charge in [0.1, 0.15) is 11.8 Å². The van der Waals surface area contributed by atoms with Crippen LogP contribution in [0.15, 0.2) is 66.9 Å². The fraction of sp³-hybridized carbons (Fsp3) is 0.0500. The summed E-state index contributed by atoms with van der Waals surface area (Å²) in [7, 11) is 0. The minimum Gasteiger partial charge on any atom is -0.455 e. The van der Waals surface area contributed by atoms with Gasteiger partial charge in [-0.15, -0.1) is 0 Å². The second-order valence-electron chi connectivity index (χ2n) is 5.54. The molecular formula is C20H13ClN2O2. The minimum atomic E-state index is -0.517. The normalized spacial score (nSPS) is 10.9. The van der Waals surface area contributed by atoms with Gasteiger partial charge in [0.15, 0.2) is 0 Å². The number of rotatable bonds is 3. The zero-order valence-corrected chi connectivity index (χ0v) is 13.9. The molecule has 0 spiro atoms. The van der Waals surface area contributed by atoms with Crippen molar-refractivity contribution >= 4 is 39.2 Å². The molecule has 0 N–H and O–H groups in total. The van der Waals surface area contributed by atoms with Crippen molar-refractivity contribution in [3.8, 4) is 0 Å². The summed E-state index contributed by atoms with van der Waals surface area (Å²) in [6.07, 6.45) is 1.53. The molecule has 0 saturated heterocycles. The Hall–Kier alpha value is -2.98. The maximum atomic E-state index is 12.3. The first kappa shape index (κ1) is 15.5. The average molecular weight is 349 g/mol. The molecule has 0 bridgehead atoms. The van der Waals surface area contributed by atoms with Gasteiger partial charge in [-0.2, -0.15) is 0 Å². The molecule has 2 heterocycles. The molecule has 4 rings (SSSR count). The van der Waals surface area contributed by atoms with Crippen LogP contribution in [0.3, 0.4) is 0 Å². The van der Waals surface area contributed by atoms with Gasteiger partial charge >= 0.3 is 5.97 Å². The molecule has 25 heavy (non-hydrogen) atoms. The number of hydrogen-bond donors (Lipinski definition) is 0. The molecule has 2 aromatic heterocycles. The SMILES string of the molecule is O=C(OCc1nc2ccccc2c2ccccc12)c1cccnc1Cl. The molecule has 0 amide bonds. The third-order valence-electron chi connectivity index (χ3n) is 4.01. The van der Waals surface area contributed by atoms with Crippen LogP contribution in [-0.4, -0.2) is 15.9 Å². The summed E-state index contributed by atoms with van der Waals surface area (Å²) in [5, 5.41) is 3.25. The lowest BCUT2D eigenvalue weighted by Gasteiger charge is -2.10. The lowest BCUT2D eigenvalue weighted by Crippen LogP contribution is -2.08. The van der Waals surface area contributed by atoms with Crippen molar-refractivity contribution in [3.05, 3.63) is 83.3 Å². The average Bonchev–Trinajstić information content (AvgIpc) is 2.66. The highest BCUT2D eigenvalue weighted by atomic mass is 35.5. The molecule has 0 aliphatic carbocycles. The third-order valence-corrected chi connectivity index (χ3v) is 4.31. The summed E-state index contributed by atoms with van der Waals surface area (Å²) in [6, 6.07) is 19.1. The van der Waals surface area contributed by atoms with Gasteiger partial charge in [0.05, 0.1) is 16.8 Å². The van der Waals surface area contributed by atoms with E-state index in [1.54, 1.807) is 12.1 Å². The van der Waals surface area contributed by atoms with E-state index in [9.17, 15) is 4.79 Å². The highest BCUT2D eigenvalue weighted by Gasteiger charge is 2.14. The standard InChI is InChI=1S/C20H13ClN2O2/c21-19-16(9-5-11-22-19)20(24)25-12-18-15-8-2-1-6-13(15)14-7-3-4-10-17(14)23-18/h1-11H,12H2. The number of para-hydroxylation sites is 1. The molecule has 4 nitrogen and oxygen atoms in total. The Kier molecular flexibility index (Phi) is 4.04. The second kappa shape index (κ2) is 6.49. The fourth-order valence-electron chi connectivity index (χ4n) is 2.83. The van der Waals surface area contributed by atoms with Crippen molar-refractivity contribution in [2.24, 2.45) is 0 Å². The van der Waals surface area contributed by atoms with Crippen molar-refractivity contribution in [1.82, 2.24) is 9.97 Å². The number of aromatic nitrogens is 2. The Labute approximate surface area is 149 Å². The lowest BCUT2D eigenvalue weighted by molar-refractivity contribution is 0.0469. The number of carbonyl (C=O) groups excluding carboxylic acids is 1. The van der Waals surface area contributed by atoms with Crippen molar-refractivity contribution in [2.75, 3.05) is 0 Å². The summed E-state index contributed by atoms with van der Waals surface area (Å²) in [6.45, 7) is 0.0649. The number of esters is 1. The molecule has 0 unspecified atom stereocenters. The molecule has 5 heteroatoms. The highest BCUT2D eigenvalue weighted by molar-refractivity contribution is 6.32. The van der Waals surface area contributed by atoms with Crippen LogP contribution in [-0.2, 0) is 11.3 Å². The van der Waals surface area contributed by atoms with Crippen molar-refractivity contribution in [3.63, 3.8) is 0 Å². The van der Waals surface area contributed by atoms with Crippen molar-refractivity contribution in [1.29, 1.82) is 0 Å². The Morgan fingerprint density at radius 3 is 2.44 bits per heavy atom. The first-order valence-electron chi connectivity index (χ1n) is 7.78. The third kappa shape index (κ3) is 2.92. The number of fused-ring (bicyclic) bond motifs is 3. The number of pyridine rings is 2. The number of carbonyl (C=O) groups is 1. The number of nitrogens with zero attached hydrogens (tertiary/aromatic N) is 2. The van der Waals surface area contributed by atoms with Crippen molar-refractivity contribution in [2.45, 2.75) is 6.61 Å². The van der Waals surface area contributed by atoms with Crippen LogP contribution in [0.1, 0.15) is 16.1 Å². The number of ether oxygens (including phenoxy) is 1. The van der Waals surface area contributed by atoms with Gasteiger partial charge in [0.2, 0.25) is 0 Å². The molecular weight excluding hydrogens is 336 g/mol. The Morgan fingerprint density at radius 2 is 1.64 bits per heavy atom. The van der Waals surface area contributed by atoms with Crippen LogP contribution in [0.2, 0.25) is 5.15 Å². The zero-order valence-electron chi connectivity index (χ0n) is 13.1. The van der Waals surface area contributed by atoms with E-state index in [1.165, 1.54) is 6.20 Å². The number of hydrogen-bond acceptors (Lipinski definition) is 4. The Morgan fingerprint density at radius 1 is 0.920 bits per heavy atom. The summed E-state index contributed by atoms with van der Waals surface area (Å²) in [5.41, 5.74) is 1.82. The highest BCUT2D eigenvalue weighted by Crippen LogP contribution is 2.27. The summed E-state index contributed by atoms with van der Waals surface area (Å²) >= 11 is 5.95. The van der Waals surface area contributed by atoms with E-state index >= 15 is 0 Å². The molecule has 0 atom stereocenters. The largest absolute Gasteiger partial charge is 0.455 e. The van der Waals surface area contributed by atoms with E-state index < -0.39 is 5.97 Å². The van der Waals surface area contributed by atoms with Gasteiger partial charge in [0, 0.05) is 17.0 Å². The van der Waals surface area contributed by atoms with E-state index in [0.717, 1.165) is 21.7 Å². The molecule has 2 aromatic carbocycles. The van der Waals surface area contributed by atoms with E-state index in [1.807, 2.05) is 48.5 Å². The first-order chi connectivity index (χ1) is 12.2. The molecule has 4 aromatic rings. The zero-order chi connectivity index (χ0) is 17.2. The van der Waals surface area contributed by atoms with Gasteiger partial charge in [-0.1, -0.05) is 54.1 Å². The van der Waals surface area contributed by atoms with Crippen molar-refractivity contribution < 1.29 is 9.53 Å². The molecule has 122 valence electrons. The van der Waals surface area contributed by atoms with Gasteiger partial charge in [0.25, 0.3) is 0 Å². The maximum Gasteiger partial charge on any atom is 0.341 e. The number of benzene rings is 2. The fourth-order valence-corrected chi connectivity index (χ4v) is 3.03. The predicted octanol–water partition coefficient (Wildman–Crippen LogP) is 4.79. The topological polar surface area (TPSA) is 52.1 Å². The van der Waals surface area contributed by atoms with Crippen LogP contribution in [0, 0.1) is 0 Å². The van der Waals surface area contributed by atoms with Crippen LogP contribution in [0.4, 0.5) is 0 Å². The summed E-state index contributed by atoms with van der Waals surface area (Å²) < 4.78 is 5.43. The lowest BCUT2D eigenvalue weighted by atomic mass is 10.0. The Bertz CT molecular complexity index is 1100. The monoisotopic (exact) mass is 348 g/mol. The first-order valence-corrected chi connectivity index (χ1v) is 8.16.